The molecule has 0 fully saturated rings. The average molecular weight is 267 g/mol. The Morgan fingerprint density at radius 2 is 1.25 bits per heavy atom. The molecule has 0 spiro atoms. The van der Waals surface area contributed by atoms with Crippen molar-refractivity contribution >= 4 is 0 Å². The predicted molar refractivity (Wildman–Crippen MR) is 87.2 cm³/mol. The van der Waals surface area contributed by atoms with Crippen LogP contribution in [0.2, 0.25) is 0 Å². The van der Waals surface area contributed by atoms with Crippen LogP contribution < -0.4 is 5.32 Å². The van der Waals surface area contributed by atoms with Gasteiger partial charge in [-0.3, -0.25) is 0 Å². The van der Waals surface area contributed by atoms with Crippen LogP contribution >= 0.6 is 0 Å². The lowest BCUT2D eigenvalue weighted by molar-refractivity contribution is 0.491. The van der Waals surface area contributed by atoms with Crippen molar-refractivity contribution in [3.63, 3.8) is 0 Å². The maximum absolute atomic E-state index is 3.35. The second-order valence-electron chi connectivity index (χ2n) is 5.68. The van der Waals surface area contributed by atoms with Crippen LogP contribution in [0.25, 0.3) is 0 Å². The van der Waals surface area contributed by atoms with Crippen LogP contribution in [0.1, 0.15) is 22.3 Å². The number of benzene rings is 2. The molecule has 20 heavy (non-hydrogen) atoms. The minimum Gasteiger partial charge on any atom is -0.319 e. The van der Waals surface area contributed by atoms with Crippen LogP contribution in [0.5, 0.6) is 0 Å². The van der Waals surface area contributed by atoms with Crippen molar-refractivity contribution in [2.24, 2.45) is 5.92 Å². The van der Waals surface area contributed by atoms with E-state index in [1.165, 1.54) is 22.3 Å². The Balaban J connectivity index is 2.12. The number of hydrogen-bond donors (Lipinski definition) is 1. The normalized spacial score (nSPS) is 11.0. The maximum atomic E-state index is 3.35. The first-order chi connectivity index (χ1) is 9.70. The second kappa shape index (κ2) is 7.25. The minimum absolute atomic E-state index is 0.641. The fraction of sp³-hybridized carbons (Fsp3) is 0.368. The predicted octanol–water partition coefficient (Wildman–Crippen LogP) is 3.92. The molecule has 0 aliphatic carbocycles. The first kappa shape index (κ1) is 14.8. The molecule has 1 heteroatoms. The van der Waals surface area contributed by atoms with E-state index in [4.69, 9.17) is 0 Å². The van der Waals surface area contributed by atoms with E-state index in [1.807, 2.05) is 7.05 Å². The molecule has 2 rings (SSSR count). The summed E-state index contributed by atoms with van der Waals surface area (Å²) in [4.78, 5) is 0. The molecule has 1 nitrogen and oxygen atoms in total. The molecule has 0 aliphatic rings. The van der Waals surface area contributed by atoms with Gasteiger partial charge in [0.25, 0.3) is 0 Å². The van der Waals surface area contributed by atoms with E-state index in [-0.39, 0.29) is 0 Å². The van der Waals surface area contributed by atoms with Gasteiger partial charge in [-0.05, 0) is 68.5 Å². The summed E-state index contributed by atoms with van der Waals surface area (Å²) in [6.07, 6.45) is 2.28. The fourth-order valence-electron chi connectivity index (χ4n) is 2.81. The third-order valence-electron chi connectivity index (χ3n) is 4.03. The molecule has 0 aromatic heterocycles. The molecule has 0 saturated carbocycles. The Hall–Kier alpha value is -1.60. The monoisotopic (exact) mass is 267 g/mol. The molecule has 0 heterocycles. The largest absolute Gasteiger partial charge is 0.319 e. The maximum Gasteiger partial charge on any atom is -0.00172 e. The second-order valence-corrected chi connectivity index (χ2v) is 5.68. The Morgan fingerprint density at radius 1 is 0.800 bits per heavy atom. The molecule has 0 amide bonds. The number of hydrogen-bond acceptors (Lipinski definition) is 1. The van der Waals surface area contributed by atoms with Crippen molar-refractivity contribution in [1.82, 2.24) is 5.32 Å². The highest BCUT2D eigenvalue weighted by Gasteiger charge is 2.12. The van der Waals surface area contributed by atoms with E-state index < -0.39 is 0 Å². The Kier molecular flexibility index (Phi) is 5.37. The summed E-state index contributed by atoms with van der Waals surface area (Å²) < 4.78 is 0. The van der Waals surface area contributed by atoms with Gasteiger partial charge in [0.05, 0.1) is 0 Å². The first-order valence-corrected chi connectivity index (χ1v) is 7.44. The number of aryl methyl sites for hydroxylation is 2. The van der Waals surface area contributed by atoms with Crippen molar-refractivity contribution in [3.05, 3.63) is 70.8 Å². The lowest BCUT2D eigenvalue weighted by Crippen LogP contribution is -2.23. The zero-order chi connectivity index (χ0) is 14.4. The summed E-state index contributed by atoms with van der Waals surface area (Å²) in [5.74, 6) is 0.641. The van der Waals surface area contributed by atoms with Gasteiger partial charge in [0.15, 0.2) is 0 Å². The molecule has 0 aliphatic heterocycles. The molecule has 106 valence electrons. The Labute approximate surface area is 123 Å². The van der Waals surface area contributed by atoms with Crippen molar-refractivity contribution in [3.8, 4) is 0 Å². The quantitative estimate of drug-likeness (QED) is 0.836. The van der Waals surface area contributed by atoms with Crippen molar-refractivity contribution in [1.29, 1.82) is 0 Å². The summed E-state index contributed by atoms with van der Waals surface area (Å²) in [6, 6.07) is 17.5. The van der Waals surface area contributed by atoms with Gasteiger partial charge in [-0.25, -0.2) is 0 Å². The van der Waals surface area contributed by atoms with E-state index in [9.17, 15) is 0 Å². The summed E-state index contributed by atoms with van der Waals surface area (Å²) in [6.45, 7) is 5.47. The topological polar surface area (TPSA) is 12.0 Å². The SMILES string of the molecule is CNCC(Cc1ccccc1C)Cc1ccccc1C. The van der Waals surface area contributed by atoms with E-state index >= 15 is 0 Å². The third kappa shape index (κ3) is 3.94. The Bertz CT molecular complexity index is 497. The van der Waals surface area contributed by atoms with Crippen molar-refractivity contribution in [2.45, 2.75) is 26.7 Å². The standard InChI is InChI=1S/C19H25N/c1-15-8-4-6-10-18(15)12-17(14-20-3)13-19-11-7-5-9-16(19)2/h4-11,17,20H,12-14H2,1-3H3. The van der Waals surface area contributed by atoms with E-state index in [2.05, 4.69) is 67.7 Å². The van der Waals surface area contributed by atoms with Crippen molar-refractivity contribution < 1.29 is 0 Å². The highest BCUT2D eigenvalue weighted by Crippen LogP contribution is 2.19. The molecule has 0 radical (unpaired) electrons. The molecule has 2 aromatic rings. The fourth-order valence-corrected chi connectivity index (χ4v) is 2.81. The van der Waals surface area contributed by atoms with E-state index in [1.54, 1.807) is 0 Å². The minimum atomic E-state index is 0.641. The van der Waals surface area contributed by atoms with E-state index in [0.717, 1.165) is 19.4 Å². The van der Waals surface area contributed by atoms with Crippen LogP contribution in [-0.2, 0) is 12.8 Å². The van der Waals surface area contributed by atoms with Gasteiger partial charge < -0.3 is 5.32 Å². The van der Waals surface area contributed by atoms with Crippen LogP contribution in [-0.4, -0.2) is 13.6 Å². The van der Waals surface area contributed by atoms with Gasteiger partial charge in [-0.15, -0.1) is 0 Å². The van der Waals surface area contributed by atoms with Gasteiger partial charge in [0.1, 0.15) is 0 Å². The number of rotatable bonds is 6. The van der Waals surface area contributed by atoms with Crippen LogP contribution in [0, 0.1) is 19.8 Å². The van der Waals surface area contributed by atoms with Crippen molar-refractivity contribution in [2.75, 3.05) is 13.6 Å². The van der Waals surface area contributed by atoms with Crippen LogP contribution in [0.4, 0.5) is 0 Å². The zero-order valence-electron chi connectivity index (χ0n) is 12.8. The highest BCUT2D eigenvalue weighted by molar-refractivity contribution is 5.28. The van der Waals surface area contributed by atoms with E-state index in [0.29, 0.717) is 5.92 Å². The zero-order valence-corrected chi connectivity index (χ0v) is 12.8. The molecule has 0 saturated heterocycles. The van der Waals surface area contributed by atoms with Gasteiger partial charge in [0, 0.05) is 0 Å². The van der Waals surface area contributed by atoms with Gasteiger partial charge in [-0.1, -0.05) is 48.5 Å². The molecule has 0 unspecified atom stereocenters. The summed E-state index contributed by atoms with van der Waals surface area (Å²) in [7, 11) is 2.04. The lowest BCUT2D eigenvalue weighted by Gasteiger charge is -2.19. The number of nitrogens with one attached hydrogen (secondary N) is 1. The molecular weight excluding hydrogens is 242 g/mol. The molecular formula is C19H25N. The third-order valence-corrected chi connectivity index (χ3v) is 4.03. The average Bonchev–Trinajstić information content (AvgIpc) is 2.44. The molecule has 2 aromatic carbocycles. The molecule has 1 N–H and O–H groups in total. The first-order valence-electron chi connectivity index (χ1n) is 7.44. The molecule has 0 atom stereocenters. The molecule has 0 bridgehead atoms. The summed E-state index contributed by atoms with van der Waals surface area (Å²) in [5, 5.41) is 3.35. The lowest BCUT2D eigenvalue weighted by atomic mass is 9.89. The van der Waals surface area contributed by atoms with Gasteiger partial charge in [0.2, 0.25) is 0 Å². The highest BCUT2D eigenvalue weighted by atomic mass is 14.8. The summed E-state index contributed by atoms with van der Waals surface area (Å²) in [5.41, 5.74) is 5.75. The van der Waals surface area contributed by atoms with Crippen LogP contribution in [0.15, 0.2) is 48.5 Å². The van der Waals surface area contributed by atoms with Gasteiger partial charge in [-0.2, -0.15) is 0 Å². The van der Waals surface area contributed by atoms with Crippen LogP contribution in [0.3, 0.4) is 0 Å². The van der Waals surface area contributed by atoms with Gasteiger partial charge >= 0.3 is 0 Å². The smallest absolute Gasteiger partial charge is 0.00172 e. The summed E-state index contributed by atoms with van der Waals surface area (Å²) >= 11 is 0. The Morgan fingerprint density at radius 3 is 1.65 bits per heavy atom.